The Morgan fingerprint density at radius 1 is 1.47 bits per heavy atom. The van der Waals surface area contributed by atoms with Gasteiger partial charge in [0.05, 0.1) is 10.7 Å². The summed E-state index contributed by atoms with van der Waals surface area (Å²) >= 11 is 3.37. The molecule has 1 heterocycles. The highest BCUT2D eigenvalue weighted by Gasteiger charge is 2.18. The molecule has 1 aromatic heterocycles. The summed E-state index contributed by atoms with van der Waals surface area (Å²) in [5, 5.41) is 7.18. The van der Waals surface area contributed by atoms with Crippen LogP contribution in [0.1, 0.15) is 38.2 Å². The van der Waals surface area contributed by atoms with E-state index in [0.29, 0.717) is 12.2 Å². The molecule has 0 aliphatic carbocycles. The number of hydrogen-bond donors (Lipinski definition) is 1. The van der Waals surface area contributed by atoms with Crippen molar-refractivity contribution in [2.24, 2.45) is 0 Å². The Hall–Kier alpha value is -0.880. The Kier molecular flexibility index (Phi) is 6.51. The number of amides is 1. The highest BCUT2D eigenvalue weighted by Crippen LogP contribution is 2.15. The monoisotopic (exact) mass is 330 g/mol. The lowest BCUT2D eigenvalue weighted by molar-refractivity contribution is 0.0918. The van der Waals surface area contributed by atoms with Gasteiger partial charge in [-0.25, -0.2) is 0 Å². The fourth-order valence-electron chi connectivity index (χ4n) is 2.03. The molecule has 19 heavy (non-hydrogen) atoms. The van der Waals surface area contributed by atoms with E-state index in [2.05, 4.69) is 45.1 Å². The first-order valence-corrected chi connectivity index (χ1v) is 7.57. The van der Waals surface area contributed by atoms with Gasteiger partial charge < -0.3 is 10.2 Å². The third-order valence-electron chi connectivity index (χ3n) is 3.11. The second kappa shape index (κ2) is 7.65. The highest BCUT2D eigenvalue weighted by atomic mass is 79.9. The molecule has 1 unspecified atom stereocenters. The van der Waals surface area contributed by atoms with Gasteiger partial charge in [-0.3, -0.25) is 9.48 Å². The fraction of sp³-hybridized carbons (Fsp3) is 0.692. The molecule has 1 N–H and O–H groups in total. The molecule has 0 radical (unpaired) electrons. The van der Waals surface area contributed by atoms with Gasteiger partial charge in [0, 0.05) is 19.1 Å². The van der Waals surface area contributed by atoms with Crippen molar-refractivity contribution in [3.8, 4) is 0 Å². The second-order valence-corrected chi connectivity index (χ2v) is 5.37. The van der Waals surface area contributed by atoms with Crippen LogP contribution in [0.5, 0.6) is 0 Å². The Morgan fingerprint density at radius 3 is 2.63 bits per heavy atom. The van der Waals surface area contributed by atoms with Crippen LogP contribution in [0.2, 0.25) is 0 Å². The summed E-state index contributed by atoms with van der Waals surface area (Å²) < 4.78 is 2.44. The predicted molar refractivity (Wildman–Crippen MR) is 80.3 cm³/mol. The van der Waals surface area contributed by atoms with E-state index in [1.807, 2.05) is 13.8 Å². The number of nitrogens with one attached hydrogen (secondary N) is 1. The number of carbonyl (C=O) groups is 1. The smallest absolute Gasteiger partial charge is 0.270 e. The zero-order valence-electron chi connectivity index (χ0n) is 12.1. The molecule has 0 fully saturated rings. The number of aryl methyl sites for hydroxylation is 1. The summed E-state index contributed by atoms with van der Waals surface area (Å²) in [5.74, 6) is -0.0779. The van der Waals surface area contributed by atoms with Crippen LogP contribution in [-0.4, -0.2) is 46.3 Å². The number of carbonyl (C=O) groups excluding carboxylic acids is 1. The second-order valence-electron chi connectivity index (χ2n) is 4.52. The summed E-state index contributed by atoms with van der Waals surface area (Å²) in [7, 11) is 0. The molecule has 1 rings (SSSR count). The molecule has 0 spiro atoms. The third-order valence-corrected chi connectivity index (χ3v) is 3.69. The van der Waals surface area contributed by atoms with E-state index in [1.165, 1.54) is 0 Å². The summed E-state index contributed by atoms with van der Waals surface area (Å²) in [6, 6.07) is 0.111. The van der Waals surface area contributed by atoms with Gasteiger partial charge in [-0.05, 0) is 42.9 Å². The van der Waals surface area contributed by atoms with Crippen LogP contribution in [-0.2, 0) is 6.54 Å². The molecule has 6 heteroatoms. The Balaban J connectivity index is 2.66. The quantitative estimate of drug-likeness (QED) is 0.833. The maximum Gasteiger partial charge on any atom is 0.270 e. The zero-order chi connectivity index (χ0) is 14.4. The molecule has 1 atom stereocenters. The van der Waals surface area contributed by atoms with E-state index in [-0.39, 0.29) is 11.9 Å². The first-order valence-electron chi connectivity index (χ1n) is 6.77. The maximum absolute atomic E-state index is 12.3. The minimum absolute atomic E-state index is 0.0779. The Labute approximate surface area is 123 Å². The van der Waals surface area contributed by atoms with Crippen molar-refractivity contribution < 1.29 is 4.79 Å². The van der Waals surface area contributed by atoms with Gasteiger partial charge in [0.25, 0.3) is 5.91 Å². The Bertz CT molecular complexity index is 415. The van der Waals surface area contributed by atoms with Crippen molar-refractivity contribution in [2.75, 3.05) is 19.6 Å². The molecule has 0 saturated carbocycles. The topological polar surface area (TPSA) is 50.2 Å². The minimum Gasteiger partial charge on any atom is -0.347 e. The average Bonchev–Trinajstić information content (AvgIpc) is 2.76. The van der Waals surface area contributed by atoms with Gasteiger partial charge in [0.1, 0.15) is 5.69 Å². The SMILES string of the molecule is CCN(CC)CC(C)NC(=O)c1c(Br)cnn1CC. The van der Waals surface area contributed by atoms with E-state index in [4.69, 9.17) is 0 Å². The molecule has 0 saturated heterocycles. The first kappa shape index (κ1) is 16.2. The molecule has 0 bridgehead atoms. The van der Waals surface area contributed by atoms with Crippen LogP contribution >= 0.6 is 15.9 Å². The first-order chi connectivity index (χ1) is 9.03. The van der Waals surface area contributed by atoms with E-state index in [9.17, 15) is 4.79 Å². The van der Waals surface area contributed by atoms with Crippen LogP contribution in [0.15, 0.2) is 10.7 Å². The van der Waals surface area contributed by atoms with Crippen molar-refractivity contribution in [3.63, 3.8) is 0 Å². The number of nitrogens with zero attached hydrogens (tertiary/aromatic N) is 3. The van der Waals surface area contributed by atoms with Crippen molar-refractivity contribution in [1.29, 1.82) is 0 Å². The molecular weight excluding hydrogens is 308 g/mol. The average molecular weight is 331 g/mol. The number of hydrogen-bond acceptors (Lipinski definition) is 3. The lowest BCUT2D eigenvalue weighted by Gasteiger charge is -2.23. The Morgan fingerprint density at radius 2 is 2.11 bits per heavy atom. The van der Waals surface area contributed by atoms with E-state index >= 15 is 0 Å². The summed E-state index contributed by atoms with van der Waals surface area (Å²) in [4.78, 5) is 14.5. The van der Waals surface area contributed by atoms with Gasteiger partial charge >= 0.3 is 0 Å². The molecule has 1 amide bonds. The van der Waals surface area contributed by atoms with Crippen molar-refractivity contribution in [2.45, 2.75) is 40.3 Å². The van der Waals surface area contributed by atoms with Crippen LogP contribution in [0.4, 0.5) is 0 Å². The van der Waals surface area contributed by atoms with Crippen LogP contribution in [0.3, 0.4) is 0 Å². The van der Waals surface area contributed by atoms with E-state index < -0.39 is 0 Å². The van der Waals surface area contributed by atoms with Crippen LogP contribution in [0.25, 0.3) is 0 Å². The fourth-order valence-corrected chi connectivity index (χ4v) is 2.51. The van der Waals surface area contributed by atoms with Crippen molar-refractivity contribution >= 4 is 21.8 Å². The van der Waals surface area contributed by atoms with E-state index in [1.54, 1.807) is 10.9 Å². The number of halogens is 1. The number of aromatic nitrogens is 2. The van der Waals surface area contributed by atoms with Gasteiger partial charge in [-0.1, -0.05) is 13.8 Å². The van der Waals surface area contributed by atoms with E-state index in [0.717, 1.165) is 24.1 Å². The van der Waals surface area contributed by atoms with Gasteiger partial charge in [0.15, 0.2) is 0 Å². The van der Waals surface area contributed by atoms with Crippen molar-refractivity contribution in [3.05, 3.63) is 16.4 Å². The summed E-state index contributed by atoms with van der Waals surface area (Å²) in [6.07, 6.45) is 1.66. The number of rotatable bonds is 7. The molecule has 0 aromatic carbocycles. The van der Waals surface area contributed by atoms with Gasteiger partial charge in [-0.15, -0.1) is 0 Å². The summed E-state index contributed by atoms with van der Waals surface area (Å²) in [5.41, 5.74) is 0.592. The molecule has 108 valence electrons. The molecular formula is C13H23BrN4O. The molecule has 1 aromatic rings. The predicted octanol–water partition coefficient (Wildman–Crippen LogP) is 2.13. The highest BCUT2D eigenvalue weighted by molar-refractivity contribution is 9.10. The lowest BCUT2D eigenvalue weighted by atomic mass is 10.2. The molecule has 0 aliphatic rings. The standard InChI is InChI=1S/C13H23BrN4O/c1-5-17(6-2)9-10(4)16-13(19)12-11(14)8-15-18(12)7-3/h8,10H,5-7,9H2,1-4H3,(H,16,19). The normalized spacial score (nSPS) is 12.7. The van der Waals surface area contributed by atoms with Gasteiger partial charge in [-0.2, -0.15) is 5.10 Å². The number of likely N-dealkylation sites (N-methyl/N-ethyl adjacent to an activating group) is 1. The van der Waals surface area contributed by atoms with Gasteiger partial charge in [0.2, 0.25) is 0 Å². The lowest BCUT2D eigenvalue weighted by Crippen LogP contribution is -2.42. The molecule has 5 nitrogen and oxygen atoms in total. The maximum atomic E-state index is 12.3. The summed E-state index contributed by atoms with van der Waals surface area (Å²) in [6.45, 7) is 11.8. The van der Waals surface area contributed by atoms with Crippen LogP contribution < -0.4 is 5.32 Å². The largest absolute Gasteiger partial charge is 0.347 e. The molecule has 0 aliphatic heterocycles. The third kappa shape index (κ3) is 4.31. The zero-order valence-corrected chi connectivity index (χ0v) is 13.7. The van der Waals surface area contributed by atoms with Crippen molar-refractivity contribution in [1.82, 2.24) is 20.0 Å². The minimum atomic E-state index is -0.0779. The van der Waals surface area contributed by atoms with Crippen LogP contribution in [0, 0.1) is 0 Å².